The Morgan fingerprint density at radius 2 is 2.19 bits per heavy atom. The zero-order valence-electron chi connectivity index (χ0n) is 17.5. The molecule has 0 bridgehead atoms. The lowest BCUT2D eigenvalue weighted by Crippen LogP contribution is -2.38. The van der Waals surface area contributed by atoms with E-state index in [1.54, 1.807) is 11.3 Å². The summed E-state index contributed by atoms with van der Waals surface area (Å²) in [6, 6.07) is 6.76. The molecule has 0 spiro atoms. The number of nitrogens with zero attached hydrogens (tertiary/aromatic N) is 2. The van der Waals surface area contributed by atoms with Gasteiger partial charge in [0.05, 0.1) is 28.7 Å². The van der Waals surface area contributed by atoms with Crippen LogP contribution in [0.4, 0.5) is 5.95 Å². The molecule has 0 atom stereocenters. The van der Waals surface area contributed by atoms with Crippen LogP contribution in [0.3, 0.4) is 0 Å². The number of nitrogens with one attached hydrogen (secondary N) is 4. The molecule has 7 nitrogen and oxygen atoms in total. The third kappa shape index (κ3) is 4.00. The Bertz CT molecular complexity index is 1150. The summed E-state index contributed by atoms with van der Waals surface area (Å²) in [4.78, 5) is 10.5. The molecule has 4 heterocycles. The van der Waals surface area contributed by atoms with Crippen LogP contribution in [0.15, 0.2) is 36.3 Å². The number of anilines is 1. The van der Waals surface area contributed by atoms with Gasteiger partial charge in [-0.25, -0.2) is 9.97 Å². The fourth-order valence-electron chi connectivity index (χ4n) is 4.24. The molecule has 3 aromatic rings. The molecule has 0 amide bonds. The Balaban J connectivity index is 1.45. The molecular weight excluding hydrogens is 408 g/mol. The average Bonchev–Trinajstić information content (AvgIpc) is 3.40. The van der Waals surface area contributed by atoms with Gasteiger partial charge in [-0.3, -0.25) is 0 Å². The van der Waals surface area contributed by atoms with Gasteiger partial charge in [0, 0.05) is 40.9 Å². The maximum Gasteiger partial charge on any atom is 0.227 e. The number of benzene rings is 1. The summed E-state index contributed by atoms with van der Waals surface area (Å²) in [6.07, 6.45) is 8.10. The van der Waals surface area contributed by atoms with Gasteiger partial charge in [0.25, 0.3) is 0 Å². The van der Waals surface area contributed by atoms with Crippen LogP contribution in [0, 0.1) is 12.3 Å². The molecule has 0 saturated carbocycles. The second kappa shape index (κ2) is 8.64. The predicted molar refractivity (Wildman–Crippen MR) is 126 cm³/mol. The predicted octanol–water partition coefficient (Wildman–Crippen LogP) is 3.85. The van der Waals surface area contributed by atoms with Gasteiger partial charge in [0.2, 0.25) is 5.95 Å². The van der Waals surface area contributed by atoms with Crippen molar-refractivity contribution < 1.29 is 4.74 Å². The average molecular weight is 435 g/mol. The van der Waals surface area contributed by atoms with Crippen LogP contribution in [0.2, 0.25) is 0 Å². The van der Waals surface area contributed by atoms with Crippen molar-refractivity contribution in [3.8, 4) is 16.9 Å². The first-order valence-corrected chi connectivity index (χ1v) is 11.5. The highest BCUT2D eigenvalue weighted by molar-refractivity contribution is 7.19. The molecule has 0 unspecified atom stereocenters. The Kier molecular flexibility index (Phi) is 5.57. The number of ether oxygens (including phenoxy) is 1. The van der Waals surface area contributed by atoms with E-state index in [4.69, 9.17) is 15.1 Å². The number of para-hydroxylation sites is 1. The van der Waals surface area contributed by atoms with Gasteiger partial charge in [-0.1, -0.05) is 18.2 Å². The van der Waals surface area contributed by atoms with Crippen molar-refractivity contribution in [1.82, 2.24) is 20.6 Å². The highest BCUT2D eigenvalue weighted by atomic mass is 32.1. The molecule has 2 aromatic heterocycles. The minimum Gasteiger partial charge on any atom is -0.492 e. The highest BCUT2D eigenvalue weighted by Crippen LogP contribution is 2.44. The number of hydrogen-bond donors (Lipinski definition) is 4. The lowest BCUT2D eigenvalue weighted by Gasteiger charge is -2.23. The summed E-state index contributed by atoms with van der Waals surface area (Å²) in [5.74, 6) is 1.46. The summed E-state index contributed by atoms with van der Waals surface area (Å²) in [6.45, 7) is 4.89. The van der Waals surface area contributed by atoms with E-state index in [1.165, 1.54) is 16.7 Å². The number of piperidine rings is 1. The summed E-state index contributed by atoms with van der Waals surface area (Å²) in [7, 11) is 0. The molecule has 2 aliphatic heterocycles. The Hall–Kier alpha value is -2.97. The zero-order valence-corrected chi connectivity index (χ0v) is 18.3. The van der Waals surface area contributed by atoms with Gasteiger partial charge >= 0.3 is 0 Å². The lowest BCUT2D eigenvalue weighted by molar-refractivity contribution is 0.358. The van der Waals surface area contributed by atoms with E-state index in [2.05, 4.69) is 46.1 Å². The SMILES string of the molecule is Cc1sc2cnc(N/C(C=N)=C/NC3CCNCC3)nc2c1-c1cccc2c1OCC2. The van der Waals surface area contributed by atoms with E-state index >= 15 is 0 Å². The normalized spacial score (nSPS) is 16.7. The number of allylic oxidation sites excluding steroid dienone is 1. The minimum atomic E-state index is 0.424. The third-order valence-electron chi connectivity index (χ3n) is 5.82. The fraction of sp³-hybridized carbons (Fsp3) is 0.348. The number of rotatable bonds is 6. The van der Waals surface area contributed by atoms with Crippen LogP contribution >= 0.6 is 11.3 Å². The quantitative estimate of drug-likeness (QED) is 0.440. The summed E-state index contributed by atoms with van der Waals surface area (Å²) < 4.78 is 7.00. The van der Waals surface area contributed by atoms with E-state index in [0.717, 1.165) is 66.1 Å². The van der Waals surface area contributed by atoms with Crippen LogP contribution in [0.1, 0.15) is 23.3 Å². The molecule has 2 aliphatic rings. The highest BCUT2D eigenvalue weighted by Gasteiger charge is 2.22. The molecule has 1 saturated heterocycles. The smallest absolute Gasteiger partial charge is 0.227 e. The van der Waals surface area contributed by atoms with Crippen molar-refractivity contribution in [2.45, 2.75) is 32.2 Å². The maximum atomic E-state index is 7.78. The van der Waals surface area contributed by atoms with Gasteiger partial charge in [0.15, 0.2) is 0 Å². The number of aromatic nitrogens is 2. The zero-order chi connectivity index (χ0) is 21.2. The largest absolute Gasteiger partial charge is 0.492 e. The molecule has 4 N–H and O–H groups in total. The Labute approximate surface area is 185 Å². The van der Waals surface area contributed by atoms with E-state index < -0.39 is 0 Å². The summed E-state index contributed by atoms with van der Waals surface area (Å²) in [5, 5.41) is 17.7. The fourth-order valence-corrected chi connectivity index (χ4v) is 5.22. The molecule has 8 heteroatoms. The summed E-state index contributed by atoms with van der Waals surface area (Å²) in [5.41, 5.74) is 5.01. The van der Waals surface area contributed by atoms with E-state index in [-0.39, 0.29) is 0 Å². The Morgan fingerprint density at radius 3 is 3.03 bits per heavy atom. The van der Waals surface area contributed by atoms with E-state index in [1.807, 2.05) is 12.4 Å². The van der Waals surface area contributed by atoms with E-state index in [0.29, 0.717) is 17.7 Å². The second-order valence-corrected chi connectivity index (χ2v) is 9.15. The van der Waals surface area contributed by atoms with Crippen LogP contribution in [-0.2, 0) is 6.42 Å². The monoisotopic (exact) mass is 434 g/mol. The van der Waals surface area contributed by atoms with Gasteiger partial charge in [-0.2, -0.15) is 0 Å². The maximum absolute atomic E-state index is 7.78. The topological polar surface area (TPSA) is 95.0 Å². The second-order valence-electron chi connectivity index (χ2n) is 7.89. The first kappa shape index (κ1) is 20.0. The molecule has 1 fully saturated rings. The molecular formula is C23H26N6OS. The van der Waals surface area contributed by atoms with Crippen molar-refractivity contribution in [2.75, 3.05) is 25.0 Å². The molecule has 5 rings (SSSR count). The van der Waals surface area contributed by atoms with Crippen LogP contribution in [0.25, 0.3) is 21.3 Å². The third-order valence-corrected chi connectivity index (χ3v) is 6.85. The van der Waals surface area contributed by atoms with Crippen molar-refractivity contribution in [1.29, 1.82) is 5.41 Å². The molecule has 0 aliphatic carbocycles. The van der Waals surface area contributed by atoms with Crippen LogP contribution < -0.4 is 20.7 Å². The number of fused-ring (bicyclic) bond motifs is 2. The Morgan fingerprint density at radius 1 is 1.32 bits per heavy atom. The van der Waals surface area contributed by atoms with Gasteiger partial charge < -0.3 is 26.1 Å². The van der Waals surface area contributed by atoms with Gasteiger partial charge in [-0.05, 0) is 38.4 Å². The van der Waals surface area contributed by atoms with Gasteiger partial charge in [0.1, 0.15) is 5.75 Å². The standard InChI is InChI=1S/C23H26N6OS/c1-14-20(18-4-2-3-15-7-10-30-22(15)18)21-19(31-14)13-27-23(29-21)28-17(11-24)12-26-16-5-8-25-9-6-16/h2-4,11-13,16,24-26H,5-10H2,1H3,(H,27,28,29)/b17-12+,24-11?. The molecule has 160 valence electrons. The van der Waals surface area contributed by atoms with Gasteiger partial charge in [-0.15, -0.1) is 11.3 Å². The molecule has 1 aromatic carbocycles. The first-order chi connectivity index (χ1) is 15.2. The number of thiophene rings is 1. The lowest BCUT2D eigenvalue weighted by atomic mass is 10.0. The van der Waals surface area contributed by atoms with Crippen molar-refractivity contribution >= 4 is 33.7 Å². The molecule has 31 heavy (non-hydrogen) atoms. The minimum absolute atomic E-state index is 0.424. The van der Waals surface area contributed by atoms with E-state index in [9.17, 15) is 0 Å². The molecule has 0 radical (unpaired) electrons. The number of hydrogen-bond acceptors (Lipinski definition) is 8. The van der Waals surface area contributed by atoms with Crippen LogP contribution in [0.5, 0.6) is 5.75 Å². The first-order valence-electron chi connectivity index (χ1n) is 10.7. The number of aryl methyl sites for hydroxylation is 1. The van der Waals surface area contributed by atoms with Crippen molar-refractivity contribution in [3.63, 3.8) is 0 Å². The van der Waals surface area contributed by atoms with Crippen molar-refractivity contribution in [3.05, 3.63) is 46.7 Å². The van der Waals surface area contributed by atoms with Crippen LogP contribution in [-0.4, -0.2) is 41.9 Å². The summed E-state index contributed by atoms with van der Waals surface area (Å²) >= 11 is 1.70. The van der Waals surface area contributed by atoms with Crippen molar-refractivity contribution in [2.24, 2.45) is 0 Å².